The number of rotatable bonds is 3. The molecule has 0 aliphatic rings. The van der Waals surface area contributed by atoms with Crippen molar-refractivity contribution in [3.63, 3.8) is 0 Å². The number of carbonyl (C=O) groups excluding carboxylic acids is 1. The van der Waals surface area contributed by atoms with Crippen molar-refractivity contribution in [1.82, 2.24) is 4.90 Å². The van der Waals surface area contributed by atoms with Gasteiger partial charge < -0.3 is 4.90 Å². The number of hydrogen-bond acceptors (Lipinski definition) is 2. The van der Waals surface area contributed by atoms with Crippen molar-refractivity contribution in [2.24, 2.45) is 0 Å². The van der Waals surface area contributed by atoms with E-state index in [1.54, 1.807) is 6.92 Å². The predicted molar refractivity (Wildman–Crippen MR) is 68.3 cm³/mol. The van der Waals surface area contributed by atoms with Crippen molar-refractivity contribution in [3.05, 3.63) is 41.5 Å². The van der Waals surface area contributed by atoms with Crippen molar-refractivity contribution in [2.45, 2.75) is 13.1 Å². The molecule has 0 spiro atoms. The minimum Gasteiger partial charge on any atom is -0.329 e. The Bertz CT molecular complexity index is 553. The topological polar surface area (TPSA) is 44.1 Å². The van der Waals surface area contributed by atoms with Gasteiger partial charge in [-0.1, -0.05) is 12.1 Å². The number of carbonyl (C=O) groups is 1. The Labute approximate surface area is 114 Å². The second-order valence-corrected chi connectivity index (χ2v) is 4.25. The minimum atomic E-state index is -4.38. The zero-order valence-electron chi connectivity index (χ0n) is 11.0. The van der Waals surface area contributed by atoms with Crippen LogP contribution in [0.3, 0.4) is 0 Å². The van der Waals surface area contributed by atoms with E-state index >= 15 is 0 Å². The van der Waals surface area contributed by atoms with Crippen molar-refractivity contribution in [2.75, 3.05) is 13.6 Å². The molecule has 0 fully saturated rings. The molecule has 0 atom stereocenters. The third-order valence-electron chi connectivity index (χ3n) is 2.69. The van der Waals surface area contributed by atoms with E-state index in [0.29, 0.717) is 11.1 Å². The van der Waals surface area contributed by atoms with Gasteiger partial charge in [0.1, 0.15) is 6.54 Å². The van der Waals surface area contributed by atoms with Gasteiger partial charge >= 0.3 is 6.18 Å². The molecule has 0 saturated heterocycles. The molecule has 3 nitrogen and oxygen atoms in total. The standard InChI is InChI=1S/C14H13F3N2O/c1-10(9-13(20)19(2)8-7-18)11-3-5-12(6-4-11)14(15,16)17/h3-6,9H,8H2,1-2H3/b10-9-. The van der Waals surface area contributed by atoms with E-state index in [4.69, 9.17) is 5.26 Å². The zero-order chi connectivity index (χ0) is 15.3. The summed E-state index contributed by atoms with van der Waals surface area (Å²) in [5.74, 6) is -0.371. The van der Waals surface area contributed by atoms with Crippen LogP contribution in [0.5, 0.6) is 0 Å². The second-order valence-electron chi connectivity index (χ2n) is 4.25. The van der Waals surface area contributed by atoms with E-state index in [1.165, 1.54) is 30.2 Å². The summed E-state index contributed by atoms with van der Waals surface area (Å²) in [6.45, 7) is 1.58. The molecule has 0 aromatic heterocycles. The highest BCUT2D eigenvalue weighted by molar-refractivity contribution is 5.94. The van der Waals surface area contributed by atoms with E-state index in [1.807, 2.05) is 6.07 Å². The quantitative estimate of drug-likeness (QED) is 0.631. The Kier molecular flexibility index (Phi) is 4.92. The Morgan fingerprint density at radius 2 is 1.90 bits per heavy atom. The monoisotopic (exact) mass is 282 g/mol. The molecule has 6 heteroatoms. The molecular weight excluding hydrogens is 269 g/mol. The number of nitriles is 1. The maximum atomic E-state index is 12.4. The summed E-state index contributed by atoms with van der Waals surface area (Å²) < 4.78 is 37.2. The normalized spacial score (nSPS) is 11.9. The lowest BCUT2D eigenvalue weighted by Crippen LogP contribution is -2.25. The van der Waals surface area contributed by atoms with Crippen LogP contribution in [0.25, 0.3) is 5.57 Å². The fourth-order valence-electron chi connectivity index (χ4n) is 1.48. The first-order valence-corrected chi connectivity index (χ1v) is 5.73. The van der Waals surface area contributed by atoms with Crippen molar-refractivity contribution in [1.29, 1.82) is 5.26 Å². The molecule has 20 heavy (non-hydrogen) atoms. The van der Waals surface area contributed by atoms with Gasteiger partial charge in [-0.05, 0) is 30.2 Å². The first kappa shape index (κ1) is 15.8. The van der Waals surface area contributed by atoms with Gasteiger partial charge in [0.05, 0.1) is 11.6 Å². The molecule has 0 aliphatic carbocycles. The lowest BCUT2D eigenvalue weighted by Gasteiger charge is -2.11. The van der Waals surface area contributed by atoms with E-state index in [9.17, 15) is 18.0 Å². The SMILES string of the molecule is C/C(=C/C(=O)N(C)CC#N)c1ccc(C(F)(F)F)cc1. The van der Waals surface area contributed by atoms with Gasteiger partial charge in [0.25, 0.3) is 0 Å². The molecule has 0 unspecified atom stereocenters. The van der Waals surface area contributed by atoms with Crippen molar-refractivity contribution >= 4 is 11.5 Å². The molecule has 0 aliphatic heterocycles. The summed E-state index contributed by atoms with van der Waals surface area (Å²) in [4.78, 5) is 12.9. The maximum absolute atomic E-state index is 12.4. The van der Waals surface area contributed by atoms with Crippen molar-refractivity contribution in [3.8, 4) is 6.07 Å². The van der Waals surface area contributed by atoms with Crippen LogP contribution in [-0.2, 0) is 11.0 Å². The second kappa shape index (κ2) is 6.24. The molecule has 0 bridgehead atoms. The molecule has 0 heterocycles. The van der Waals surface area contributed by atoms with Crippen LogP contribution in [-0.4, -0.2) is 24.4 Å². The summed E-state index contributed by atoms with van der Waals surface area (Å²) >= 11 is 0. The first-order chi connectivity index (χ1) is 9.25. The molecule has 106 valence electrons. The number of hydrogen-bond donors (Lipinski definition) is 0. The third-order valence-corrected chi connectivity index (χ3v) is 2.69. The number of amides is 1. The van der Waals surface area contributed by atoms with Crippen molar-refractivity contribution < 1.29 is 18.0 Å². The number of likely N-dealkylation sites (N-methyl/N-ethyl adjacent to an activating group) is 1. The molecule has 0 N–H and O–H groups in total. The summed E-state index contributed by atoms with van der Waals surface area (Å²) in [5.41, 5.74) is 0.326. The molecule has 1 aromatic carbocycles. The van der Waals surface area contributed by atoms with E-state index in [2.05, 4.69) is 0 Å². The van der Waals surface area contributed by atoms with Crippen LogP contribution in [0.2, 0.25) is 0 Å². The summed E-state index contributed by atoms with van der Waals surface area (Å²) in [6.07, 6.45) is -3.08. The highest BCUT2D eigenvalue weighted by atomic mass is 19.4. The van der Waals surface area contributed by atoms with Gasteiger partial charge in [0, 0.05) is 13.1 Å². The number of nitrogens with zero attached hydrogens (tertiary/aromatic N) is 2. The average molecular weight is 282 g/mol. The van der Waals surface area contributed by atoms with E-state index in [-0.39, 0.29) is 12.5 Å². The Hall–Kier alpha value is -2.29. The smallest absolute Gasteiger partial charge is 0.329 e. The van der Waals surface area contributed by atoms with Crippen LogP contribution < -0.4 is 0 Å². The zero-order valence-corrected chi connectivity index (χ0v) is 11.0. The van der Waals surface area contributed by atoms with E-state index in [0.717, 1.165) is 12.1 Å². The highest BCUT2D eigenvalue weighted by Crippen LogP contribution is 2.29. The van der Waals surface area contributed by atoms with E-state index < -0.39 is 11.7 Å². The number of halogens is 3. The Balaban J connectivity index is 2.90. The summed E-state index contributed by atoms with van der Waals surface area (Å²) in [7, 11) is 1.47. The van der Waals surface area contributed by atoms with Crippen LogP contribution in [0.1, 0.15) is 18.1 Å². The van der Waals surface area contributed by atoms with Crippen LogP contribution >= 0.6 is 0 Å². The lowest BCUT2D eigenvalue weighted by atomic mass is 10.0. The number of benzene rings is 1. The molecule has 0 radical (unpaired) electrons. The maximum Gasteiger partial charge on any atom is 0.416 e. The molecular formula is C14H13F3N2O. The minimum absolute atomic E-state index is 0.0460. The third kappa shape index (κ3) is 4.12. The Morgan fingerprint density at radius 1 is 1.35 bits per heavy atom. The Morgan fingerprint density at radius 3 is 2.35 bits per heavy atom. The highest BCUT2D eigenvalue weighted by Gasteiger charge is 2.29. The van der Waals surface area contributed by atoms with Crippen LogP contribution in [0.15, 0.2) is 30.3 Å². The molecule has 1 rings (SSSR count). The summed E-state index contributed by atoms with van der Waals surface area (Å²) in [6, 6.07) is 6.40. The predicted octanol–water partition coefficient (Wildman–Crippen LogP) is 3.09. The first-order valence-electron chi connectivity index (χ1n) is 5.73. The van der Waals surface area contributed by atoms with Crippen LogP contribution in [0, 0.1) is 11.3 Å². The van der Waals surface area contributed by atoms with Crippen LogP contribution in [0.4, 0.5) is 13.2 Å². The lowest BCUT2D eigenvalue weighted by molar-refractivity contribution is -0.137. The van der Waals surface area contributed by atoms with Gasteiger partial charge in [0.2, 0.25) is 5.91 Å². The van der Waals surface area contributed by atoms with Gasteiger partial charge in [0.15, 0.2) is 0 Å². The van der Waals surface area contributed by atoms with Gasteiger partial charge in [-0.3, -0.25) is 4.79 Å². The number of alkyl halides is 3. The molecule has 1 amide bonds. The molecule has 1 aromatic rings. The fraction of sp³-hybridized carbons (Fsp3) is 0.286. The summed E-state index contributed by atoms with van der Waals surface area (Å²) in [5, 5.41) is 8.47. The van der Waals surface area contributed by atoms with Gasteiger partial charge in [-0.25, -0.2) is 0 Å². The largest absolute Gasteiger partial charge is 0.416 e. The van der Waals surface area contributed by atoms with Gasteiger partial charge in [-0.15, -0.1) is 0 Å². The number of allylic oxidation sites excluding steroid dienone is 1. The average Bonchev–Trinajstić information content (AvgIpc) is 2.38. The molecule has 0 saturated carbocycles. The van der Waals surface area contributed by atoms with Gasteiger partial charge in [-0.2, -0.15) is 18.4 Å². The fourth-order valence-corrected chi connectivity index (χ4v) is 1.48.